The van der Waals surface area contributed by atoms with Crippen LogP contribution < -0.4 is 16.4 Å². The number of nitrogens with one attached hydrogen (secondary N) is 2. The first-order valence-corrected chi connectivity index (χ1v) is 10.2. The van der Waals surface area contributed by atoms with Crippen LogP contribution in [0.5, 0.6) is 0 Å². The van der Waals surface area contributed by atoms with Crippen LogP contribution in [-0.4, -0.2) is 32.9 Å². The second-order valence-electron chi connectivity index (χ2n) is 9.20. The molecule has 0 aliphatic heterocycles. The molecule has 0 bridgehead atoms. The Kier molecular flexibility index (Phi) is 4.62. The molecular formula is C21H31N5O. The Morgan fingerprint density at radius 3 is 2.52 bits per heavy atom. The number of rotatable bonds is 4. The third-order valence-corrected chi connectivity index (χ3v) is 5.49. The van der Waals surface area contributed by atoms with Crippen molar-refractivity contribution in [2.24, 2.45) is 5.73 Å². The number of carbonyl (C=O) groups is 1. The molecule has 2 saturated carbocycles. The average molecular weight is 370 g/mol. The zero-order valence-electron chi connectivity index (χ0n) is 16.6. The van der Waals surface area contributed by atoms with Gasteiger partial charge in [0.15, 0.2) is 5.65 Å². The van der Waals surface area contributed by atoms with Gasteiger partial charge in [-0.2, -0.15) is 0 Å². The highest BCUT2D eigenvalue weighted by atomic mass is 16.1. The van der Waals surface area contributed by atoms with Crippen molar-refractivity contribution in [3.8, 4) is 0 Å². The molecule has 27 heavy (non-hydrogen) atoms. The minimum absolute atomic E-state index is 0.0317. The summed E-state index contributed by atoms with van der Waals surface area (Å²) in [6.07, 6.45) is 8.20. The van der Waals surface area contributed by atoms with Crippen LogP contribution in [0.4, 0.5) is 5.82 Å². The molecule has 0 spiro atoms. The Bertz CT molecular complexity index is 838. The molecule has 0 atom stereocenters. The van der Waals surface area contributed by atoms with E-state index < -0.39 is 0 Å². The SMILES string of the molecule is CC(C)(C)Nc1c(C2CC2)nc2c(C(=O)NC3CCC(N)CC3)cccn12. The maximum atomic E-state index is 13.0. The molecule has 0 saturated heterocycles. The number of hydrogen-bond acceptors (Lipinski definition) is 4. The summed E-state index contributed by atoms with van der Waals surface area (Å²) in [6.45, 7) is 6.44. The van der Waals surface area contributed by atoms with E-state index in [9.17, 15) is 4.79 Å². The lowest BCUT2D eigenvalue weighted by molar-refractivity contribution is 0.0927. The predicted octanol–water partition coefficient (Wildman–Crippen LogP) is 3.42. The Hall–Kier alpha value is -2.08. The quantitative estimate of drug-likeness (QED) is 0.771. The molecule has 4 N–H and O–H groups in total. The molecule has 1 amide bonds. The van der Waals surface area contributed by atoms with E-state index in [0.29, 0.717) is 11.5 Å². The number of hydrogen-bond donors (Lipinski definition) is 3. The Morgan fingerprint density at radius 1 is 1.19 bits per heavy atom. The highest BCUT2D eigenvalue weighted by Crippen LogP contribution is 2.44. The smallest absolute Gasteiger partial charge is 0.255 e. The fraction of sp³-hybridized carbons (Fsp3) is 0.619. The van der Waals surface area contributed by atoms with E-state index in [1.54, 1.807) is 0 Å². The van der Waals surface area contributed by atoms with Crippen molar-refractivity contribution in [3.63, 3.8) is 0 Å². The van der Waals surface area contributed by atoms with E-state index in [-0.39, 0.29) is 23.5 Å². The van der Waals surface area contributed by atoms with Crippen LogP contribution in [0.3, 0.4) is 0 Å². The first kappa shape index (κ1) is 18.3. The number of aromatic nitrogens is 2. The molecule has 6 heteroatoms. The second-order valence-corrected chi connectivity index (χ2v) is 9.20. The molecule has 2 fully saturated rings. The molecule has 6 nitrogen and oxygen atoms in total. The van der Waals surface area contributed by atoms with Crippen molar-refractivity contribution in [2.45, 2.75) is 82.8 Å². The van der Waals surface area contributed by atoms with Gasteiger partial charge in [-0.3, -0.25) is 9.20 Å². The number of pyridine rings is 1. The highest BCUT2D eigenvalue weighted by molar-refractivity contribution is 6.00. The lowest BCUT2D eigenvalue weighted by atomic mass is 9.91. The number of nitrogens with zero attached hydrogens (tertiary/aromatic N) is 2. The van der Waals surface area contributed by atoms with E-state index in [4.69, 9.17) is 10.7 Å². The summed E-state index contributed by atoms with van der Waals surface area (Å²) in [5, 5.41) is 6.80. The van der Waals surface area contributed by atoms with Gasteiger partial charge in [0, 0.05) is 29.7 Å². The second kappa shape index (κ2) is 6.82. The van der Waals surface area contributed by atoms with Crippen molar-refractivity contribution in [1.82, 2.24) is 14.7 Å². The zero-order chi connectivity index (χ0) is 19.2. The van der Waals surface area contributed by atoms with Crippen LogP contribution in [0.2, 0.25) is 0 Å². The number of fused-ring (bicyclic) bond motifs is 1. The molecule has 2 aromatic heterocycles. The van der Waals surface area contributed by atoms with Gasteiger partial charge in [0.05, 0.1) is 11.3 Å². The lowest BCUT2D eigenvalue weighted by Crippen LogP contribution is -2.40. The molecule has 2 aromatic rings. The van der Waals surface area contributed by atoms with Crippen molar-refractivity contribution in [1.29, 1.82) is 0 Å². The Labute approximate surface area is 160 Å². The molecule has 2 heterocycles. The van der Waals surface area contributed by atoms with E-state index in [1.807, 2.05) is 22.7 Å². The summed E-state index contributed by atoms with van der Waals surface area (Å²) in [6, 6.07) is 4.30. The first-order chi connectivity index (χ1) is 12.8. The lowest BCUT2D eigenvalue weighted by Gasteiger charge is -2.26. The summed E-state index contributed by atoms with van der Waals surface area (Å²) < 4.78 is 2.05. The van der Waals surface area contributed by atoms with Gasteiger partial charge in [-0.25, -0.2) is 4.98 Å². The van der Waals surface area contributed by atoms with Crippen LogP contribution in [-0.2, 0) is 0 Å². The van der Waals surface area contributed by atoms with Gasteiger partial charge in [0.2, 0.25) is 0 Å². The van der Waals surface area contributed by atoms with Crippen molar-refractivity contribution in [3.05, 3.63) is 29.6 Å². The van der Waals surface area contributed by atoms with Crippen LogP contribution in [0.15, 0.2) is 18.3 Å². The van der Waals surface area contributed by atoms with E-state index in [1.165, 1.54) is 12.8 Å². The summed E-state index contributed by atoms with van der Waals surface area (Å²) in [4.78, 5) is 17.9. The maximum absolute atomic E-state index is 13.0. The summed E-state index contributed by atoms with van der Waals surface area (Å²) in [5.41, 5.74) is 8.40. The fourth-order valence-corrected chi connectivity index (χ4v) is 3.91. The Morgan fingerprint density at radius 2 is 1.89 bits per heavy atom. The molecule has 0 unspecified atom stereocenters. The monoisotopic (exact) mass is 369 g/mol. The van der Waals surface area contributed by atoms with E-state index in [0.717, 1.165) is 42.8 Å². The van der Waals surface area contributed by atoms with Gasteiger partial charge < -0.3 is 16.4 Å². The summed E-state index contributed by atoms with van der Waals surface area (Å²) >= 11 is 0. The number of imidazole rings is 1. The topological polar surface area (TPSA) is 84.5 Å². The first-order valence-electron chi connectivity index (χ1n) is 10.2. The van der Waals surface area contributed by atoms with E-state index in [2.05, 4.69) is 31.4 Å². The average Bonchev–Trinajstić information content (AvgIpc) is 3.39. The highest BCUT2D eigenvalue weighted by Gasteiger charge is 2.32. The predicted molar refractivity (Wildman–Crippen MR) is 108 cm³/mol. The van der Waals surface area contributed by atoms with Gasteiger partial charge in [-0.05, 0) is 71.4 Å². The molecule has 4 rings (SSSR count). The van der Waals surface area contributed by atoms with Crippen molar-refractivity contribution in [2.75, 3.05) is 5.32 Å². The summed E-state index contributed by atoms with van der Waals surface area (Å²) in [5.74, 6) is 1.50. The molecule has 0 aromatic carbocycles. The van der Waals surface area contributed by atoms with Crippen LogP contribution in [0.1, 0.15) is 81.3 Å². The minimum Gasteiger partial charge on any atom is -0.365 e. The van der Waals surface area contributed by atoms with Gasteiger partial charge in [0.1, 0.15) is 5.82 Å². The molecule has 2 aliphatic carbocycles. The van der Waals surface area contributed by atoms with Crippen LogP contribution in [0, 0.1) is 0 Å². The van der Waals surface area contributed by atoms with Crippen LogP contribution in [0.25, 0.3) is 5.65 Å². The molecule has 2 aliphatic rings. The number of carbonyl (C=O) groups excluding carboxylic acids is 1. The molecule has 0 radical (unpaired) electrons. The third kappa shape index (κ3) is 3.95. The van der Waals surface area contributed by atoms with Gasteiger partial charge in [-0.1, -0.05) is 0 Å². The summed E-state index contributed by atoms with van der Waals surface area (Å²) in [7, 11) is 0. The number of nitrogens with two attached hydrogens (primary N) is 1. The van der Waals surface area contributed by atoms with Crippen molar-refractivity contribution < 1.29 is 4.79 Å². The normalized spacial score (nSPS) is 23.4. The van der Waals surface area contributed by atoms with Gasteiger partial charge in [0.25, 0.3) is 5.91 Å². The number of anilines is 1. The number of amides is 1. The Balaban J connectivity index is 1.65. The maximum Gasteiger partial charge on any atom is 0.255 e. The standard InChI is InChI=1S/C21H31N5O/c1-21(2,3)25-19-17(13-6-7-13)24-18-16(5-4-12-26(18)19)20(27)23-15-10-8-14(22)9-11-15/h4-5,12-15,25H,6-11,22H2,1-3H3,(H,23,27). The van der Waals surface area contributed by atoms with Gasteiger partial charge in [-0.15, -0.1) is 0 Å². The third-order valence-electron chi connectivity index (χ3n) is 5.49. The molecule has 146 valence electrons. The molecular weight excluding hydrogens is 338 g/mol. The fourth-order valence-electron chi connectivity index (χ4n) is 3.91. The zero-order valence-corrected chi connectivity index (χ0v) is 16.6. The van der Waals surface area contributed by atoms with Crippen molar-refractivity contribution >= 4 is 17.4 Å². The van der Waals surface area contributed by atoms with Gasteiger partial charge >= 0.3 is 0 Å². The minimum atomic E-state index is -0.0707. The van der Waals surface area contributed by atoms with Crippen LogP contribution >= 0.6 is 0 Å². The van der Waals surface area contributed by atoms with E-state index >= 15 is 0 Å². The largest absolute Gasteiger partial charge is 0.365 e.